The fraction of sp³-hybridized carbons (Fsp3) is 0.273. The second-order valence-corrected chi connectivity index (χ2v) is 4.89. The molecule has 1 rings (SSSR count). The number of carbonyl (C=O) groups is 1. The molecule has 0 saturated heterocycles. The van der Waals surface area contributed by atoms with Gasteiger partial charge >= 0.3 is 0 Å². The Morgan fingerprint density at radius 2 is 2.00 bits per heavy atom. The molecule has 17 heavy (non-hydrogen) atoms. The van der Waals surface area contributed by atoms with Crippen molar-refractivity contribution in [2.24, 2.45) is 5.92 Å². The molecular weight excluding hydrogens is 279 g/mol. The number of nitrogens with one attached hydrogen (secondary N) is 2. The first kappa shape index (κ1) is 14.2. The van der Waals surface area contributed by atoms with E-state index in [-0.39, 0.29) is 16.9 Å². The molecule has 0 spiro atoms. The van der Waals surface area contributed by atoms with Crippen molar-refractivity contribution in [1.82, 2.24) is 5.32 Å². The Morgan fingerprint density at radius 3 is 2.59 bits per heavy atom. The molecule has 1 aromatic carbocycles. The molecule has 0 aromatic heterocycles. The fourth-order valence-electron chi connectivity index (χ4n) is 1.01. The van der Waals surface area contributed by atoms with Crippen LogP contribution in [0, 0.1) is 5.92 Å². The Balaban J connectivity index is 2.69. The summed E-state index contributed by atoms with van der Waals surface area (Å²) in [6.07, 6.45) is 0. The van der Waals surface area contributed by atoms with E-state index in [1.165, 1.54) is 0 Å². The lowest BCUT2D eigenvalue weighted by Crippen LogP contribution is -2.36. The zero-order valence-electron chi connectivity index (χ0n) is 9.38. The minimum atomic E-state index is -0.152. The monoisotopic (exact) mass is 290 g/mol. The molecule has 0 fully saturated rings. The maximum atomic E-state index is 11.4. The van der Waals surface area contributed by atoms with E-state index in [1.807, 2.05) is 0 Å². The summed E-state index contributed by atoms with van der Waals surface area (Å²) in [6.45, 7) is 3.56. The SMILES string of the molecule is CC(C)C(=O)NC(=S)Nc1cccc(Cl)c1Cl. The third-order valence-corrected chi connectivity index (χ3v) is 2.98. The summed E-state index contributed by atoms with van der Waals surface area (Å²) in [4.78, 5) is 11.4. The van der Waals surface area contributed by atoms with Crippen LogP contribution in [0.2, 0.25) is 10.0 Å². The van der Waals surface area contributed by atoms with Crippen molar-refractivity contribution < 1.29 is 4.79 Å². The fourth-order valence-corrected chi connectivity index (χ4v) is 1.57. The van der Waals surface area contributed by atoms with Gasteiger partial charge in [-0.15, -0.1) is 0 Å². The van der Waals surface area contributed by atoms with Crippen LogP contribution in [0.5, 0.6) is 0 Å². The number of anilines is 1. The molecule has 0 bridgehead atoms. The van der Waals surface area contributed by atoms with Crippen LogP contribution in [0.25, 0.3) is 0 Å². The molecule has 2 N–H and O–H groups in total. The van der Waals surface area contributed by atoms with Crippen LogP contribution in [0.3, 0.4) is 0 Å². The largest absolute Gasteiger partial charge is 0.331 e. The number of benzene rings is 1. The maximum absolute atomic E-state index is 11.4. The first-order valence-electron chi connectivity index (χ1n) is 4.97. The van der Waals surface area contributed by atoms with Gasteiger partial charge in [-0.1, -0.05) is 43.1 Å². The van der Waals surface area contributed by atoms with Crippen molar-refractivity contribution in [2.45, 2.75) is 13.8 Å². The molecule has 3 nitrogen and oxygen atoms in total. The quantitative estimate of drug-likeness (QED) is 0.820. The topological polar surface area (TPSA) is 41.1 Å². The molecule has 92 valence electrons. The Kier molecular flexibility index (Phi) is 5.18. The number of halogens is 2. The van der Waals surface area contributed by atoms with Crippen LogP contribution in [0.4, 0.5) is 5.69 Å². The zero-order chi connectivity index (χ0) is 13.0. The molecule has 1 amide bonds. The van der Waals surface area contributed by atoms with Gasteiger partial charge < -0.3 is 10.6 Å². The van der Waals surface area contributed by atoms with Gasteiger partial charge in [0.25, 0.3) is 0 Å². The van der Waals surface area contributed by atoms with Crippen LogP contribution < -0.4 is 10.6 Å². The van der Waals surface area contributed by atoms with E-state index in [0.29, 0.717) is 15.7 Å². The molecule has 6 heteroatoms. The number of amides is 1. The molecule has 0 atom stereocenters. The number of thiocarbonyl (C=S) groups is 1. The van der Waals surface area contributed by atoms with E-state index in [1.54, 1.807) is 32.0 Å². The predicted molar refractivity (Wildman–Crippen MR) is 75.7 cm³/mol. The Morgan fingerprint density at radius 1 is 1.35 bits per heavy atom. The van der Waals surface area contributed by atoms with E-state index in [0.717, 1.165) is 0 Å². The average Bonchev–Trinajstić information content (AvgIpc) is 2.24. The summed E-state index contributed by atoms with van der Waals surface area (Å²) in [5.74, 6) is -0.287. The Hall–Kier alpha value is -0.840. The van der Waals surface area contributed by atoms with Crippen molar-refractivity contribution in [3.8, 4) is 0 Å². The third-order valence-electron chi connectivity index (χ3n) is 1.96. The smallest absolute Gasteiger partial charge is 0.228 e. The summed E-state index contributed by atoms with van der Waals surface area (Å²) in [5, 5.41) is 6.37. The highest BCUT2D eigenvalue weighted by Gasteiger charge is 2.10. The minimum absolute atomic E-state index is 0.135. The van der Waals surface area contributed by atoms with Crippen LogP contribution in [0.1, 0.15) is 13.8 Å². The van der Waals surface area contributed by atoms with Gasteiger partial charge in [0.2, 0.25) is 5.91 Å². The molecule has 0 aliphatic heterocycles. The molecule has 0 unspecified atom stereocenters. The second kappa shape index (κ2) is 6.19. The highest BCUT2D eigenvalue weighted by atomic mass is 35.5. The maximum Gasteiger partial charge on any atom is 0.228 e. The van der Waals surface area contributed by atoms with E-state index < -0.39 is 0 Å². The molecule has 0 aliphatic carbocycles. The van der Waals surface area contributed by atoms with Gasteiger partial charge in [0.15, 0.2) is 5.11 Å². The van der Waals surface area contributed by atoms with E-state index in [9.17, 15) is 4.79 Å². The number of hydrogen-bond acceptors (Lipinski definition) is 2. The van der Waals surface area contributed by atoms with E-state index >= 15 is 0 Å². The molecule has 1 aromatic rings. The summed E-state index contributed by atoms with van der Waals surface area (Å²) in [7, 11) is 0. The number of carbonyl (C=O) groups excluding carboxylic acids is 1. The first-order chi connectivity index (χ1) is 7.91. The van der Waals surface area contributed by atoms with Gasteiger partial charge in [-0.3, -0.25) is 4.79 Å². The number of rotatable bonds is 2. The van der Waals surface area contributed by atoms with Gasteiger partial charge in [0.05, 0.1) is 15.7 Å². The Labute approximate surface area is 115 Å². The summed E-state index contributed by atoms with van der Waals surface area (Å²) in [6, 6.07) is 5.14. The minimum Gasteiger partial charge on any atom is -0.331 e. The van der Waals surface area contributed by atoms with Crippen LogP contribution in [-0.4, -0.2) is 11.0 Å². The normalized spacial score (nSPS) is 10.2. The predicted octanol–water partition coefficient (Wildman–Crippen LogP) is 3.46. The van der Waals surface area contributed by atoms with Gasteiger partial charge in [-0.05, 0) is 24.4 Å². The van der Waals surface area contributed by atoms with E-state index in [2.05, 4.69) is 10.6 Å². The summed E-state index contributed by atoms with van der Waals surface area (Å²) in [5.41, 5.74) is 0.563. The average molecular weight is 291 g/mol. The standard InChI is InChI=1S/C11H12Cl2N2OS/c1-6(2)10(16)15-11(17)14-8-5-3-4-7(12)9(8)13/h3-6H,1-2H3,(H2,14,15,16,17). The van der Waals surface area contributed by atoms with Gasteiger partial charge in [-0.2, -0.15) is 0 Å². The van der Waals surface area contributed by atoms with Crippen LogP contribution in [0.15, 0.2) is 18.2 Å². The van der Waals surface area contributed by atoms with Crippen LogP contribution in [-0.2, 0) is 4.79 Å². The van der Waals surface area contributed by atoms with Gasteiger partial charge in [-0.25, -0.2) is 0 Å². The first-order valence-corrected chi connectivity index (χ1v) is 6.14. The highest BCUT2D eigenvalue weighted by Crippen LogP contribution is 2.29. The van der Waals surface area contributed by atoms with Crippen molar-refractivity contribution in [3.63, 3.8) is 0 Å². The second-order valence-electron chi connectivity index (χ2n) is 3.70. The molecule has 0 heterocycles. The highest BCUT2D eigenvalue weighted by molar-refractivity contribution is 7.80. The van der Waals surface area contributed by atoms with E-state index in [4.69, 9.17) is 35.4 Å². The van der Waals surface area contributed by atoms with Crippen molar-refractivity contribution in [1.29, 1.82) is 0 Å². The zero-order valence-corrected chi connectivity index (χ0v) is 11.7. The van der Waals surface area contributed by atoms with Crippen molar-refractivity contribution in [2.75, 3.05) is 5.32 Å². The molecule has 0 radical (unpaired) electrons. The van der Waals surface area contributed by atoms with Crippen molar-refractivity contribution in [3.05, 3.63) is 28.2 Å². The third kappa shape index (κ3) is 4.15. The lowest BCUT2D eigenvalue weighted by Gasteiger charge is -2.12. The lowest BCUT2D eigenvalue weighted by atomic mass is 10.2. The number of hydrogen-bond donors (Lipinski definition) is 2. The van der Waals surface area contributed by atoms with Gasteiger partial charge in [0.1, 0.15) is 0 Å². The molecular formula is C11H12Cl2N2OS. The molecule has 0 aliphatic rings. The van der Waals surface area contributed by atoms with Crippen LogP contribution >= 0.6 is 35.4 Å². The summed E-state index contributed by atoms with van der Waals surface area (Å²) >= 11 is 16.8. The van der Waals surface area contributed by atoms with Crippen molar-refractivity contribution >= 4 is 52.1 Å². The lowest BCUT2D eigenvalue weighted by molar-refractivity contribution is -0.122. The summed E-state index contributed by atoms with van der Waals surface area (Å²) < 4.78 is 0. The molecule has 0 saturated carbocycles. The van der Waals surface area contributed by atoms with Gasteiger partial charge in [0, 0.05) is 5.92 Å². The Bertz CT molecular complexity index is 449.